The lowest BCUT2D eigenvalue weighted by Gasteiger charge is -2.22. The van der Waals surface area contributed by atoms with Crippen LogP contribution in [0.2, 0.25) is 0 Å². The second-order valence-corrected chi connectivity index (χ2v) is 6.46. The zero-order valence-corrected chi connectivity index (χ0v) is 14.2. The molecule has 23 heavy (non-hydrogen) atoms. The molecule has 1 saturated heterocycles. The van der Waals surface area contributed by atoms with Crippen molar-refractivity contribution in [2.24, 2.45) is 11.7 Å². The van der Waals surface area contributed by atoms with Gasteiger partial charge in [-0.1, -0.05) is 12.1 Å². The van der Waals surface area contributed by atoms with Gasteiger partial charge in [0.25, 0.3) is 5.91 Å². The van der Waals surface area contributed by atoms with Crippen LogP contribution in [-0.4, -0.2) is 43.1 Å². The maximum atomic E-state index is 10.8. The molecule has 6 heteroatoms. The van der Waals surface area contributed by atoms with Crippen LogP contribution in [0.4, 0.5) is 0 Å². The van der Waals surface area contributed by atoms with Crippen LogP contribution >= 0.6 is 0 Å². The van der Waals surface area contributed by atoms with Crippen molar-refractivity contribution in [3.05, 3.63) is 29.8 Å². The Morgan fingerprint density at radius 2 is 2.00 bits per heavy atom. The molecule has 1 amide bonds. The van der Waals surface area contributed by atoms with Gasteiger partial charge in [-0.25, -0.2) is 0 Å². The van der Waals surface area contributed by atoms with Crippen LogP contribution in [0.15, 0.2) is 24.3 Å². The lowest BCUT2D eigenvalue weighted by atomic mass is 9.93. The minimum absolute atomic E-state index is 0.0866. The van der Waals surface area contributed by atoms with Crippen molar-refractivity contribution < 1.29 is 9.53 Å². The number of nitrogens with zero attached hydrogens (tertiary/aromatic N) is 1. The third kappa shape index (κ3) is 5.49. The molecule has 2 rings (SSSR count). The maximum Gasteiger partial charge on any atom is 0.255 e. The van der Waals surface area contributed by atoms with Crippen LogP contribution in [0.5, 0.6) is 5.75 Å². The molecule has 2 atom stereocenters. The fourth-order valence-corrected chi connectivity index (χ4v) is 3.06. The van der Waals surface area contributed by atoms with Gasteiger partial charge in [-0.15, -0.1) is 0 Å². The van der Waals surface area contributed by atoms with E-state index in [1.807, 2.05) is 18.2 Å². The Kier molecular flexibility index (Phi) is 6.38. The van der Waals surface area contributed by atoms with E-state index in [0.29, 0.717) is 23.8 Å². The normalized spacial score (nSPS) is 24.1. The van der Waals surface area contributed by atoms with E-state index >= 15 is 0 Å². The van der Waals surface area contributed by atoms with Crippen molar-refractivity contribution in [1.29, 1.82) is 0 Å². The average Bonchev–Trinajstić information content (AvgIpc) is 2.82. The molecule has 0 aliphatic carbocycles. The van der Waals surface area contributed by atoms with E-state index in [9.17, 15) is 4.79 Å². The van der Waals surface area contributed by atoms with Crippen molar-refractivity contribution in [2.45, 2.75) is 38.9 Å². The first-order valence-electron chi connectivity index (χ1n) is 8.15. The number of ether oxygens (including phenoxy) is 1. The Morgan fingerprint density at radius 3 is 2.65 bits per heavy atom. The third-order valence-electron chi connectivity index (χ3n) is 4.40. The molecule has 6 nitrogen and oxygen atoms in total. The van der Waals surface area contributed by atoms with Gasteiger partial charge in [0, 0.05) is 18.6 Å². The Labute approximate surface area is 138 Å². The zero-order valence-electron chi connectivity index (χ0n) is 14.2. The number of benzene rings is 1. The number of rotatable bonds is 8. The van der Waals surface area contributed by atoms with Crippen molar-refractivity contribution in [1.82, 2.24) is 15.8 Å². The average molecular weight is 320 g/mol. The molecular formula is C17H28N4O2. The van der Waals surface area contributed by atoms with Gasteiger partial charge in [0.05, 0.1) is 0 Å². The molecule has 1 aromatic carbocycles. The first-order chi connectivity index (χ1) is 11.0. The predicted molar refractivity (Wildman–Crippen MR) is 90.8 cm³/mol. The number of primary amides is 1. The van der Waals surface area contributed by atoms with Gasteiger partial charge in [-0.05, 0) is 57.5 Å². The number of carbonyl (C=O) groups excluding carboxylic acids is 1. The van der Waals surface area contributed by atoms with Crippen molar-refractivity contribution in [3.63, 3.8) is 0 Å². The minimum atomic E-state index is -0.463. The molecule has 1 aliphatic rings. The second kappa shape index (κ2) is 8.29. The fraction of sp³-hybridized carbons (Fsp3) is 0.588. The molecule has 1 heterocycles. The first kappa shape index (κ1) is 17.7. The molecule has 0 aromatic heterocycles. The molecule has 1 aromatic rings. The molecule has 0 saturated carbocycles. The van der Waals surface area contributed by atoms with Crippen molar-refractivity contribution >= 4 is 5.91 Å². The van der Waals surface area contributed by atoms with Gasteiger partial charge in [0.15, 0.2) is 6.61 Å². The number of hydrogen-bond donors (Lipinski definition) is 3. The van der Waals surface area contributed by atoms with Crippen LogP contribution in [-0.2, 0) is 11.3 Å². The summed E-state index contributed by atoms with van der Waals surface area (Å²) in [5.74, 6) is 0.860. The molecular weight excluding hydrogens is 292 g/mol. The summed E-state index contributed by atoms with van der Waals surface area (Å²) in [4.78, 5) is 13.1. The van der Waals surface area contributed by atoms with E-state index in [0.717, 1.165) is 19.5 Å². The Bertz CT molecular complexity index is 513. The number of amides is 1. The summed E-state index contributed by atoms with van der Waals surface area (Å²) >= 11 is 0. The van der Waals surface area contributed by atoms with E-state index in [4.69, 9.17) is 10.5 Å². The summed E-state index contributed by atoms with van der Waals surface area (Å²) in [7, 11) is 2.13. The summed E-state index contributed by atoms with van der Waals surface area (Å²) in [5, 5.41) is 0. The molecule has 0 radical (unpaired) electrons. The van der Waals surface area contributed by atoms with E-state index in [1.54, 1.807) is 0 Å². The molecule has 128 valence electrons. The number of hydrazine groups is 1. The molecule has 0 bridgehead atoms. The van der Waals surface area contributed by atoms with E-state index in [-0.39, 0.29) is 6.61 Å². The maximum absolute atomic E-state index is 10.8. The van der Waals surface area contributed by atoms with Gasteiger partial charge in [0.1, 0.15) is 5.75 Å². The van der Waals surface area contributed by atoms with Gasteiger partial charge in [-0.3, -0.25) is 15.6 Å². The van der Waals surface area contributed by atoms with Gasteiger partial charge >= 0.3 is 0 Å². The third-order valence-corrected chi connectivity index (χ3v) is 4.40. The highest BCUT2D eigenvalue weighted by molar-refractivity contribution is 5.75. The molecule has 0 spiro atoms. The largest absolute Gasteiger partial charge is 0.484 e. The predicted octanol–water partition coefficient (Wildman–Crippen LogP) is 0.874. The van der Waals surface area contributed by atoms with Crippen LogP contribution < -0.4 is 21.3 Å². The fourth-order valence-electron chi connectivity index (χ4n) is 3.06. The highest BCUT2D eigenvalue weighted by Crippen LogP contribution is 2.19. The Balaban J connectivity index is 1.81. The molecule has 4 N–H and O–H groups in total. The number of nitrogens with two attached hydrogens (primary N) is 1. The summed E-state index contributed by atoms with van der Waals surface area (Å²) in [6.45, 7) is 6.25. The Hall–Kier alpha value is -1.63. The van der Waals surface area contributed by atoms with Crippen LogP contribution in [0.25, 0.3) is 0 Å². The zero-order chi connectivity index (χ0) is 16.8. The molecule has 1 fully saturated rings. The van der Waals surface area contributed by atoms with E-state index in [1.165, 1.54) is 5.56 Å². The standard InChI is InChI=1S/C17H28N4O2/c1-12-16(13(2)20-19-12)7-8-21(3)10-14-5-4-6-15(9-14)23-11-17(18)22/h4-6,9,12-13,16,19-20H,7-8,10-11H2,1-3H3,(H2,18,22). The van der Waals surface area contributed by atoms with Gasteiger partial charge < -0.3 is 15.4 Å². The van der Waals surface area contributed by atoms with Crippen LogP contribution in [0.1, 0.15) is 25.8 Å². The number of nitrogens with one attached hydrogen (secondary N) is 2. The van der Waals surface area contributed by atoms with Gasteiger partial charge in [0.2, 0.25) is 0 Å². The highest BCUT2D eigenvalue weighted by atomic mass is 16.5. The molecule has 2 unspecified atom stereocenters. The van der Waals surface area contributed by atoms with Gasteiger partial charge in [-0.2, -0.15) is 0 Å². The van der Waals surface area contributed by atoms with Crippen LogP contribution in [0.3, 0.4) is 0 Å². The lowest BCUT2D eigenvalue weighted by molar-refractivity contribution is -0.119. The van der Waals surface area contributed by atoms with Crippen molar-refractivity contribution in [3.8, 4) is 5.75 Å². The highest BCUT2D eigenvalue weighted by Gasteiger charge is 2.29. The summed E-state index contributed by atoms with van der Waals surface area (Å²) in [5.41, 5.74) is 12.9. The van der Waals surface area contributed by atoms with Crippen LogP contribution in [0, 0.1) is 5.92 Å². The topological polar surface area (TPSA) is 79.6 Å². The minimum Gasteiger partial charge on any atom is -0.484 e. The summed E-state index contributed by atoms with van der Waals surface area (Å²) in [6, 6.07) is 8.81. The van der Waals surface area contributed by atoms with E-state index in [2.05, 4.69) is 42.7 Å². The number of hydrogen-bond acceptors (Lipinski definition) is 5. The van der Waals surface area contributed by atoms with E-state index < -0.39 is 5.91 Å². The lowest BCUT2D eigenvalue weighted by Crippen LogP contribution is -2.30. The van der Waals surface area contributed by atoms with Crippen molar-refractivity contribution in [2.75, 3.05) is 20.2 Å². The summed E-state index contributed by atoms with van der Waals surface area (Å²) < 4.78 is 5.35. The second-order valence-electron chi connectivity index (χ2n) is 6.46. The quantitative estimate of drug-likeness (QED) is 0.662. The Morgan fingerprint density at radius 1 is 1.30 bits per heavy atom. The molecule has 1 aliphatic heterocycles. The SMILES string of the molecule is CC1NNC(C)C1CCN(C)Cc1cccc(OCC(N)=O)c1. The smallest absolute Gasteiger partial charge is 0.255 e. The number of carbonyl (C=O) groups is 1. The first-order valence-corrected chi connectivity index (χ1v) is 8.15. The summed E-state index contributed by atoms with van der Waals surface area (Å²) in [6.07, 6.45) is 1.15. The monoisotopic (exact) mass is 320 g/mol.